The fourth-order valence-electron chi connectivity index (χ4n) is 6.58. The first-order chi connectivity index (χ1) is 21.8. The molecule has 0 N–H and O–H groups in total. The van der Waals surface area contributed by atoms with Gasteiger partial charge in [-0.05, 0) is 72.3 Å². The van der Waals surface area contributed by atoms with E-state index in [2.05, 4.69) is 126 Å². The molecule has 6 aromatic heterocycles. The van der Waals surface area contributed by atoms with Crippen LogP contribution in [0.5, 0.6) is 0 Å². The van der Waals surface area contributed by atoms with Crippen molar-refractivity contribution in [2.24, 2.45) is 0 Å². The Kier molecular flexibility index (Phi) is 4.57. The van der Waals surface area contributed by atoms with Crippen LogP contribution in [-0.2, 0) is 0 Å². The van der Waals surface area contributed by atoms with Crippen molar-refractivity contribution in [2.45, 2.75) is 0 Å². The summed E-state index contributed by atoms with van der Waals surface area (Å²) in [6, 6.07) is 41.6. The number of pyridine rings is 2. The fourth-order valence-corrected chi connectivity index (χ4v) is 6.58. The molecule has 0 unspecified atom stereocenters. The second-order valence-electron chi connectivity index (χ2n) is 10.9. The molecule has 0 saturated heterocycles. The third kappa shape index (κ3) is 3.11. The standard InChI is InChI=1S/C36H22N8/c1-3-13-27-25(11-1)38-35-41(27)29-15-5-7-17-31(29)43(35)33-20-24(23-10-9-19-37-22-23)21-34(40-33)44-32-18-8-6-16-30(32)42-28-14-4-2-12-26(28)39-36(42)44/h1-22H. The number of fused-ring (bicyclic) bond motifs is 10. The number of hydrogen-bond donors (Lipinski definition) is 0. The van der Waals surface area contributed by atoms with Crippen molar-refractivity contribution in [3.63, 3.8) is 0 Å². The van der Waals surface area contributed by atoms with Crippen molar-refractivity contribution in [3.8, 4) is 22.8 Å². The van der Waals surface area contributed by atoms with Crippen LogP contribution in [0, 0.1) is 0 Å². The highest BCUT2D eigenvalue weighted by Gasteiger charge is 2.22. The van der Waals surface area contributed by atoms with E-state index >= 15 is 0 Å². The Balaban J connectivity index is 1.35. The Morgan fingerprint density at radius 2 is 0.886 bits per heavy atom. The van der Waals surface area contributed by atoms with Gasteiger partial charge in [-0.1, -0.05) is 54.6 Å². The minimum atomic E-state index is 0.759. The van der Waals surface area contributed by atoms with Crippen LogP contribution >= 0.6 is 0 Å². The highest BCUT2D eigenvalue weighted by Crippen LogP contribution is 2.34. The highest BCUT2D eigenvalue weighted by molar-refractivity contribution is 5.93. The van der Waals surface area contributed by atoms with Gasteiger partial charge in [0.25, 0.3) is 0 Å². The molecule has 44 heavy (non-hydrogen) atoms. The van der Waals surface area contributed by atoms with E-state index in [-0.39, 0.29) is 0 Å². The van der Waals surface area contributed by atoms with Gasteiger partial charge in [0.05, 0.1) is 44.1 Å². The maximum absolute atomic E-state index is 5.38. The van der Waals surface area contributed by atoms with E-state index < -0.39 is 0 Å². The normalized spacial score (nSPS) is 12.1. The summed E-state index contributed by atoms with van der Waals surface area (Å²) in [6.07, 6.45) is 3.69. The molecule has 0 aliphatic heterocycles. The molecule has 8 nitrogen and oxygen atoms in total. The van der Waals surface area contributed by atoms with Gasteiger partial charge in [-0.15, -0.1) is 0 Å². The van der Waals surface area contributed by atoms with Gasteiger partial charge in [0.2, 0.25) is 11.6 Å². The first-order valence-electron chi connectivity index (χ1n) is 14.5. The number of nitrogens with zero attached hydrogens (tertiary/aromatic N) is 8. The van der Waals surface area contributed by atoms with Crippen molar-refractivity contribution < 1.29 is 0 Å². The van der Waals surface area contributed by atoms with E-state index in [1.165, 1.54) is 0 Å². The van der Waals surface area contributed by atoms with Gasteiger partial charge in [0, 0.05) is 18.0 Å². The van der Waals surface area contributed by atoms with Gasteiger partial charge in [0.1, 0.15) is 11.6 Å². The quantitative estimate of drug-likeness (QED) is 0.220. The molecular formula is C36H22N8. The number of para-hydroxylation sites is 8. The van der Waals surface area contributed by atoms with Crippen LogP contribution in [0.1, 0.15) is 0 Å². The lowest BCUT2D eigenvalue weighted by Gasteiger charge is -2.12. The second kappa shape index (κ2) is 8.62. The van der Waals surface area contributed by atoms with E-state index in [4.69, 9.17) is 15.0 Å². The summed E-state index contributed by atoms with van der Waals surface area (Å²) in [5.41, 5.74) is 10.2. The molecule has 0 amide bonds. The second-order valence-corrected chi connectivity index (χ2v) is 10.9. The predicted octanol–water partition coefficient (Wildman–Crippen LogP) is 7.63. The zero-order valence-electron chi connectivity index (χ0n) is 23.3. The van der Waals surface area contributed by atoms with Crippen LogP contribution in [-0.4, -0.2) is 37.9 Å². The molecule has 4 aromatic carbocycles. The lowest BCUT2D eigenvalue weighted by atomic mass is 10.1. The van der Waals surface area contributed by atoms with Crippen LogP contribution in [0.25, 0.3) is 78.5 Å². The van der Waals surface area contributed by atoms with E-state index in [9.17, 15) is 0 Å². The Morgan fingerprint density at radius 1 is 0.409 bits per heavy atom. The monoisotopic (exact) mass is 566 g/mol. The lowest BCUT2D eigenvalue weighted by molar-refractivity contribution is 0.983. The minimum Gasteiger partial charge on any atom is -0.276 e. The van der Waals surface area contributed by atoms with Crippen LogP contribution in [0.3, 0.4) is 0 Å². The van der Waals surface area contributed by atoms with E-state index in [0.717, 1.165) is 78.5 Å². The summed E-state index contributed by atoms with van der Waals surface area (Å²) in [7, 11) is 0. The molecule has 0 spiro atoms. The Labute approximate surface area is 249 Å². The Hall–Kier alpha value is -6.28. The van der Waals surface area contributed by atoms with Crippen molar-refractivity contribution in [3.05, 3.63) is 134 Å². The van der Waals surface area contributed by atoms with Crippen molar-refractivity contribution in [1.29, 1.82) is 0 Å². The molecule has 10 aromatic rings. The van der Waals surface area contributed by atoms with E-state index in [1.807, 2.05) is 24.4 Å². The van der Waals surface area contributed by atoms with E-state index in [0.29, 0.717) is 0 Å². The van der Waals surface area contributed by atoms with Crippen LogP contribution < -0.4 is 0 Å². The smallest absolute Gasteiger partial charge is 0.221 e. The van der Waals surface area contributed by atoms with Gasteiger partial charge in [-0.2, -0.15) is 0 Å². The van der Waals surface area contributed by atoms with Crippen LogP contribution in [0.2, 0.25) is 0 Å². The number of benzene rings is 4. The number of imidazole rings is 4. The maximum Gasteiger partial charge on any atom is 0.221 e. The average molecular weight is 567 g/mol. The minimum absolute atomic E-state index is 0.759. The third-order valence-electron chi connectivity index (χ3n) is 8.46. The molecule has 10 rings (SSSR count). The average Bonchev–Trinajstić information content (AvgIpc) is 3.81. The van der Waals surface area contributed by atoms with Gasteiger partial charge in [-0.25, -0.2) is 15.0 Å². The van der Waals surface area contributed by atoms with E-state index in [1.54, 1.807) is 6.20 Å². The zero-order chi connectivity index (χ0) is 28.8. The Morgan fingerprint density at radius 3 is 1.39 bits per heavy atom. The fraction of sp³-hybridized carbons (Fsp3) is 0. The summed E-state index contributed by atoms with van der Waals surface area (Å²) in [5, 5.41) is 0. The molecule has 0 bridgehead atoms. The first kappa shape index (κ1) is 23.3. The summed E-state index contributed by atoms with van der Waals surface area (Å²) >= 11 is 0. The molecule has 0 radical (unpaired) electrons. The number of hydrogen-bond acceptors (Lipinski definition) is 4. The number of aromatic nitrogens is 8. The van der Waals surface area contributed by atoms with Gasteiger partial charge in [-0.3, -0.25) is 22.9 Å². The predicted molar refractivity (Wildman–Crippen MR) is 174 cm³/mol. The molecular weight excluding hydrogens is 544 g/mol. The highest BCUT2D eigenvalue weighted by atomic mass is 15.3. The molecule has 0 aliphatic carbocycles. The molecule has 206 valence electrons. The maximum atomic E-state index is 5.38. The summed E-state index contributed by atoms with van der Waals surface area (Å²) in [6.45, 7) is 0. The summed E-state index contributed by atoms with van der Waals surface area (Å²) in [5.74, 6) is 3.14. The van der Waals surface area contributed by atoms with Gasteiger partial charge < -0.3 is 0 Å². The molecule has 0 saturated carbocycles. The number of rotatable bonds is 3. The largest absolute Gasteiger partial charge is 0.276 e. The van der Waals surface area contributed by atoms with Gasteiger partial charge >= 0.3 is 0 Å². The van der Waals surface area contributed by atoms with Crippen LogP contribution in [0.15, 0.2) is 134 Å². The third-order valence-corrected chi connectivity index (χ3v) is 8.46. The molecule has 0 atom stereocenters. The van der Waals surface area contributed by atoms with Crippen molar-refractivity contribution in [2.75, 3.05) is 0 Å². The Bertz CT molecular complexity index is 2560. The van der Waals surface area contributed by atoms with Gasteiger partial charge in [0.15, 0.2) is 0 Å². The molecule has 0 aliphatic rings. The lowest BCUT2D eigenvalue weighted by Crippen LogP contribution is -2.05. The zero-order valence-corrected chi connectivity index (χ0v) is 23.3. The van der Waals surface area contributed by atoms with Crippen LogP contribution in [0.4, 0.5) is 0 Å². The summed E-state index contributed by atoms with van der Waals surface area (Å²) < 4.78 is 8.74. The molecule has 6 heterocycles. The topological polar surface area (TPSA) is 70.2 Å². The van der Waals surface area contributed by atoms with Crippen molar-refractivity contribution in [1.82, 2.24) is 37.9 Å². The molecule has 8 heteroatoms. The SMILES string of the molecule is c1cncc(-c2cc(-n3c4ccccc4n4c5ccccc5nc34)nc(-n3c4ccccc4n4c5ccccc5nc34)c2)c1. The first-order valence-corrected chi connectivity index (χ1v) is 14.5. The van der Waals surface area contributed by atoms with Crippen molar-refractivity contribution >= 4 is 55.7 Å². The molecule has 0 fully saturated rings. The summed E-state index contributed by atoms with van der Waals surface area (Å²) in [4.78, 5) is 20.0.